The first-order valence-electron chi connectivity index (χ1n) is 7.32. The topological polar surface area (TPSA) is 72.9 Å². The quantitative estimate of drug-likeness (QED) is 0.804. The highest BCUT2D eigenvalue weighted by Gasteiger charge is 2.15. The van der Waals surface area contributed by atoms with E-state index in [1.807, 2.05) is 25.3 Å². The molecule has 1 atom stereocenters. The molecule has 3 heterocycles. The predicted molar refractivity (Wildman–Crippen MR) is 80.5 cm³/mol. The number of ether oxygens (including phenoxy) is 2. The van der Waals surface area contributed by atoms with Crippen molar-refractivity contribution < 1.29 is 9.47 Å². The minimum atomic E-state index is -0.160. The third-order valence-corrected chi connectivity index (χ3v) is 3.96. The highest BCUT2D eigenvalue weighted by Crippen LogP contribution is 2.29. The molecule has 0 bridgehead atoms. The Balaban J connectivity index is 1.70. The smallest absolute Gasteiger partial charge is 0.141 e. The van der Waals surface area contributed by atoms with E-state index in [9.17, 15) is 0 Å². The molecule has 6 nitrogen and oxygen atoms in total. The van der Waals surface area contributed by atoms with Gasteiger partial charge in [0.25, 0.3) is 0 Å². The highest BCUT2D eigenvalue weighted by molar-refractivity contribution is 5.84. The fourth-order valence-corrected chi connectivity index (χ4v) is 2.79. The molecular weight excluding hydrogens is 280 g/mol. The number of hydrogen-bond donors (Lipinski definition) is 1. The van der Waals surface area contributed by atoms with Crippen LogP contribution in [-0.2, 0) is 17.8 Å². The van der Waals surface area contributed by atoms with Crippen molar-refractivity contribution in [2.45, 2.75) is 26.1 Å². The molecule has 3 aromatic rings. The van der Waals surface area contributed by atoms with Crippen molar-refractivity contribution in [1.29, 1.82) is 0 Å². The number of nitrogens with one attached hydrogen (secondary N) is 1. The number of nitrogens with zero attached hydrogens (tertiary/aromatic N) is 3. The number of pyridine rings is 1. The van der Waals surface area contributed by atoms with Crippen LogP contribution in [0.15, 0.2) is 30.6 Å². The van der Waals surface area contributed by atoms with E-state index in [2.05, 4.69) is 26.5 Å². The van der Waals surface area contributed by atoms with Gasteiger partial charge in [-0.05, 0) is 42.7 Å². The summed E-state index contributed by atoms with van der Waals surface area (Å²) in [5, 5.41) is 11.6. The Labute approximate surface area is 127 Å². The normalized spacial score (nSPS) is 15.5. The van der Waals surface area contributed by atoms with Crippen molar-refractivity contribution in [2.24, 2.45) is 0 Å². The van der Waals surface area contributed by atoms with Gasteiger partial charge in [0.2, 0.25) is 0 Å². The number of rotatable bonds is 3. The Kier molecular flexibility index (Phi) is 3.23. The number of aromatic amines is 1. The molecule has 0 amide bonds. The van der Waals surface area contributed by atoms with Crippen molar-refractivity contribution in [3.8, 4) is 5.75 Å². The molecule has 0 fully saturated rings. The van der Waals surface area contributed by atoms with E-state index in [4.69, 9.17) is 9.47 Å². The Hall–Kier alpha value is -2.47. The van der Waals surface area contributed by atoms with E-state index in [1.54, 1.807) is 6.20 Å². The van der Waals surface area contributed by atoms with Crippen LogP contribution in [0.4, 0.5) is 0 Å². The SMILES string of the molecule is C[C@@H](Oc1ccc2ncc3c(c2c1)CCOC3)c1cn[nH]n1. The minimum Gasteiger partial charge on any atom is -0.484 e. The molecule has 0 saturated heterocycles. The molecule has 0 spiro atoms. The van der Waals surface area contributed by atoms with Gasteiger partial charge in [-0.25, -0.2) is 0 Å². The molecule has 2 aromatic heterocycles. The molecule has 6 heteroatoms. The molecule has 0 unspecified atom stereocenters. The maximum absolute atomic E-state index is 5.98. The van der Waals surface area contributed by atoms with Crippen LogP contribution in [0.25, 0.3) is 10.9 Å². The summed E-state index contributed by atoms with van der Waals surface area (Å²) in [6, 6.07) is 6.00. The van der Waals surface area contributed by atoms with Gasteiger partial charge >= 0.3 is 0 Å². The maximum atomic E-state index is 5.98. The van der Waals surface area contributed by atoms with E-state index in [0.29, 0.717) is 6.61 Å². The second-order valence-corrected chi connectivity index (χ2v) is 5.40. The average molecular weight is 296 g/mol. The zero-order valence-corrected chi connectivity index (χ0v) is 12.2. The van der Waals surface area contributed by atoms with Gasteiger partial charge in [0.05, 0.1) is 24.9 Å². The zero-order chi connectivity index (χ0) is 14.9. The van der Waals surface area contributed by atoms with Crippen LogP contribution in [0, 0.1) is 0 Å². The van der Waals surface area contributed by atoms with Crippen LogP contribution >= 0.6 is 0 Å². The monoisotopic (exact) mass is 296 g/mol. The highest BCUT2D eigenvalue weighted by atomic mass is 16.5. The van der Waals surface area contributed by atoms with Crippen molar-refractivity contribution in [1.82, 2.24) is 20.4 Å². The van der Waals surface area contributed by atoms with E-state index in [0.717, 1.165) is 35.4 Å². The summed E-state index contributed by atoms with van der Waals surface area (Å²) in [5.41, 5.74) is 4.25. The third-order valence-electron chi connectivity index (χ3n) is 3.96. The molecule has 22 heavy (non-hydrogen) atoms. The van der Waals surface area contributed by atoms with Gasteiger partial charge < -0.3 is 9.47 Å². The molecule has 1 aliphatic heterocycles. The summed E-state index contributed by atoms with van der Waals surface area (Å²) in [6.07, 6.45) is 4.34. The predicted octanol–water partition coefficient (Wildman–Crippen LogP) is 2.57. The van der Waals surface area contributed by atoms with Gasteiger partial charge in [0, 0.05) is 11.6 Å². The number of aromatic nitrogens is 4. The second-order valence-electron chi connectivity index (χ2n) is 5.40. The van der Waals surface area contributed by atoms with Gasteiger partial charge in [0.1, 0.15) is 17.5 Å². The summed E-state index contributed by atoms with van der Waals surface area (Å²) in [7, 11) is 0. The van der Waals surface area contributed by atoms with Crippen LogP contribution < -0.4 is 4.74 Å². The van der Waals surface area contributed by atoms with Crippen LogP contribution in [-0.4, -0.2) is 27.0 Å². The molecule has 0 saturated carbocycles. The third kappa shape index (κ3) is 2.31. The molecule has 4 rings (SSSR count). The van der Waals surface area contributed by atoms with Crippen LogP contribution in [0.3, 0.4) is 0 Å². The lowest BCUT2D eigenvalue weighted by atomic mass is 10.00. The molecule has 1 aliphatic rings. The summed E-state index contributed by atoms with van der Waals surface area (Å²) in [6.45, 7) is 3.35. The number of fused-ring (bicyclic) bond motifs is 3. The largest absolute Gasteiger partial charge is 0.484 e. The molecule has 0 radical (unpaired) electrons. The van der Waals surface area contributed by atoms with Gasteiger partial charge in [0.15, 0.2) is 0 Å². The minimum absolute atomic E-state index is 0.160. The van der Waals surface area contributed by atoms with Crippen molar-refractivity contribution >= 4 is 10.9 Å². The zero-order valence-electron chi connectivity index (χ0n) is 12.2. The van der Waals surface area contributed by atoms with E-state index < -0.39 is 0 Å². The van der Waals surface area contributed by atoms with Gasteiger partial charge in [-0.1, -0.05) is 0 Å². The summed E-state index contributed by atoms with van der Waals surface area (Å²) < 4.78 is 11.5. The Morgan fingerprint density at radius 3 is 3.14 bits per heavy atom. The van der Waals surface area contributed by atoms with Crippen LogP contribution in [0.1, 0.15) is 29.8 Å². The fraction of sp³-hybridized carbons (Fsp3) is 0.312. The van der Waals surface area contributed by atoms with Crippen molar-refractivity contribution in [3.63, 3.8) is 0 Å². The first kappa shape index (κ1) is 13.2. The summed E-state index contributed by atoms with van der Waals surface area (Å²) >= 11 is 0. The fourth-order valence-electron chi connectivity index (χ4n) is 2.79. The van der Waals surface area contributed by atoms with Crippen LogP contribution in [0.5, 0.6) is 5.75 Å². The summed E-state index contributed by atoms with van der Waals surface area (Å²) in [4.78, 5) is 4.50. The van der Waals surface area contributed by atoms with E-state index in [-0.39, 0.29) is 6.10 Å². The molecule has 112 valence electrons. The van der Waals surface area contributed by atoms with Gasteiger partial charge in [-0.15, -0.1) is 0 Å². The maximum Gasteiger partial charge on any atom is 0.141 e. The van der Waals surface area contributed by atoms with Gasteiger partial charge in [-0.2, -0.15) is 15.4 Å². The van der Waals surface area contributed by atoms with E-state index >= 15 is 0 Å². The van der Waals surface area contributed by atoms with E-state index in [1.165, 1.54) is 11.1 Å². The number of H-pyrrole nitrogens is 1. The Morgan fingerprint density at radius 1 is 1.32 bits per heavy atom. The Morgan fingerprint density at radius 2 is 2.27 bits per heavy atom. The van der Waals surface area contributed by atoms with Crippen LogP contribution in [0.2, 0.25) is 0 Å². The van der Waals surface area contributed by atoms with Gasteiger partial charge in [-0.3, -0.25) is 4.98 Å². The summed E-state index contributed by atoms with van der Waals surface area (Å²) in [5.74, 6) is 0.810. The molecule has 0 aliphatic carbocycles. The number of benzene rings is 1. The lowest BCUT2D eigenvalue weighted by Gasteiger charge is -2.19. The van der Waals surface area contributed by atoms with Crippen molar-refractivity contribution in [3.05, 3.63) is 47.4 Å². The molecule has 1 aromatic carbocycles. The standard InChI is InChI=1S/C16H16N4O2/c1-10(16-8-18-20-19-16)22-12-2-3-15-14(6-12)13-4-5-21-9-11(13)7-17-15/h2-3,6-8,10H,4-5,9H2,1H3,(H,18,19,20)/t10-/m1/s1. The molecular formula is C16H16N4O2. The second kappa shape index (κ2) is 5.38. The number of hydrogen-bond acceptors (Lipinski definition) is 5. The lowest BCUT2D eigenvalue weighted by molar-refractivity contribution is 0.111. The lowest BCUT2D eigenvalue weighted by Crippen LogP contribution is -2.11. The molecule has 1 N–H and O–H groups in total. The first-order chi connectivity index (χ1) is 10.8. The first-order valence-corrected chi connectivity index (χ1v) is 7.32. The average Bonchev–Trinajstić information content (AvgIpc) is 3.09. The Bertz CT molecular complexity index is 801. The van der Waals surface area contributed by atoms with Crippen molar-refractivity contribution in [2.75, 3.05) is 6.61 Å².